The van der Waals surface area contributed by atoms with Gasteiger partial charge in [0.05, 0.1) is 12.6 Å². The van der Waals surface area contributed by atoms with E-state index in [1.54, 1.807) is 31.3 Å². The number of hydrogen-bond donors (Lipinski definition) is 3. The monoisotopic (exact) mass is 333 g/mol. The predicted octanol–water partition coefficient (Wildman–Crippen LogP) is 1.93. The molecular weight excluding hydrogens is 313 g/mol. The lowest BCUT2D eigenvalue weighted by molar-refractivity contribution is 0.184. The number of aliphatic hydroxyl groups is 1. The second-order valence-corrected chi connectivity index (χ2v) is 5.50. The third kappa shape index (κ3) is 5.20. The van der Waals surface area contributed by atoms with Crippen molar-refractivity contribution in [3.05, 3.63) is 64.3 Å². The lowest BCUT2D eigenvalue weighted by Crippen LogP contribution is -2.34. The molecule has 1 aromatic heterocycles. The van der Waals surface area contributed by atoms with E-state index in [0.29, 0.717) is 13.0 Å². The summed E-state index contributed by atoms with van der Waals surface area (Å²) in [6, 6.07) is 8.52. The predicted molar refractivity (Wildman–Crippen MR) is 89.5 cm³/mol. The van der Waals surface area contributed by atoms with Gasteiger partial charge in [-0.3, -0.25) is 4.79 Å². The van der Waals surface area contributed by atoms with Crippen LogP contribution in [0, 0.1) is 5.82 Å². The van der Waals surface area contributed by atoms with Crippen LogP contribution in [0.25, 0.3) is 0 Å². The fourth-order valence-corrected chi connectivity index (χ4v) is 2.10. The Morgan fingerprint density at radius 1 is 1.29 bits per heavy atom. The fourth-order valence-electron chi connectivity index (χ4n) is 2.10. The molecule has 2 aromatic rings. The van der Waals surface area contributed by atoms with Gasteiger partial charge in [0.2, 0.25) is 0 Å². The molecule has 0 aliphatic heterocycles. The van der Waals surface area contributed by atoms with Gasteiger partial charge in [0, 0.05) is 12.7 Å². The molecule has 1 heterocycles. The molecule has 1 atom stereocenters. The normalized spacial score (nSPS) is 11.8. The molecular formula is C17H20FN3O3. The molecule has 0 aliphatic carbocycles. The zero-order valence-electron chi connectivity index (χ0n) is 13.3. The Labute approximate surface area is 138 Å². The van der Waals surface area contributed by atoms with Crippen LogP contribution in [0.1, 0.15) is 18.9 Å². The van der Waals surface area contributed by atoms with E-state index in [-0.39, 0.29) is 23.6 Å². The maximum atomic E-state index is 12.9. The number of aliphatic hydroxyl groups excluding tert-OH is 1. The van der Waals surface area contributed by atoms with Crippen molar-refractivity contribution in [2.45, 2.75) is 26.0 Å². The first kappa shape index (κ1) is 17.7. The molecule has 0 radical (unpaired) electrons. The highest BCUT2D eigenvalue weighted by molar-refractivity contribution is 5.88. The average molecular weight is 333 g/mol. The largest absolute Gasteiger partial charge is 0.393 e. The Balaban J connectivity index is 2.03. The second kappa shape index (κ2) is 8.26. The Morgan fingerprint density at radius 2 is 2.00 bits per heavy atom. The van der Waals surface area contributed by atoms with E-state index in [9.17, 15) is 14.0 Å². The number of carbonyl (C=O) groups excluding carboxylic acids is 1. The lowest BCUT2D eigenvalue weighted by Gasteiger charge is -2.11. The van der Waals surface area contributed by atoms with E-state index >= 15 is 0 Å². The van der Waals surface area contributed by atoms with Gasteiger partial charge in [0.15, 0.2) is 0 Å². The second-order valence-electron chi connectivity index (χ2n) is 5.50. The van der Waals surface area contributed by atoms with Gasteiger partial charge in [-0.1, -0.05) is 12.1 Å². The molecule has 2 amide bonds. The minimum Gasteiger partial charge on any atom is -0.393 e. The van der Waals surface area contributed by atoms with Gasteiger partial charge >= 0.3 is 6.03 Å². The Morgan fingerprint density at radius 3 is 2.67 bits per heavy atom. The first-order valence-electron chi connectivity index (χ1n) is 7.62. The summed E-state index contributed by atoms with van der Waals surface area (Å²) < 4.78 is 14.4. The van der Waals surface area contributed by atoms with Crippen LogP contribution in [-0.2, 0) is 6.54 Å². The highest BCUT2D eigenvalue weighted by Gasteiger charge is 2.08. The minimum absolute atomic E-state index is 0.147. The van der Waals surface area contributed by atoms with Crippen LogP contribution in [0.15, 0.2) is 47.4 Å². The minimum atomic E-state index is -0.507. The van der Waals surface area contributed by atoms with Gasteiger partial charge in [-0.25, -0.2) is 9.18 Å². The van der Waals surface area contributed by atoms with Crippen molar-refractivity contribution < 1.29 is 14.3 Å². The first-order chi connectivity index (χ1) is 11.5. The molecule has 24 heavy (non-hydrogen) atoms. The SMILES string of the molecule is CC(O)CCNC(=O)Nc1cccn(Cc2ccc(F)cc2)c1=O. The quantitative estimate of drug-likeness (QED) is 0.755. The number of halogens is 1. The summed E-state index contributed by atoms with van der Waals surface area (Å²) in [7, 11) is 0. The van der Waals surface area contributed by atoms with E-state index in [2.05, 4.69) is 10.6 Å². The van der Waals surface area contributed by atoms with Gasteiger partial charge in [-0.15, -0.1) is 0 Å². The van der Waals surface area contributed by atoms with Gasteiger partial charge in [-0.2, -0.15) is 0 Å². The van der Waals surface area contributed by atoms with Crippen molar-refractivity contribution in [3.8, 4) is 0 Å². The van der Waals surface area contributed by atoms with Crippen LogP contribution in [0.3, 0.4) is 0 Å². The highest BCUT2D eigenvalue weighted by Crippen LogP contribution is 2.05. The van der Waals surface area contributed by atoms with E-state index in [1.807, 2.05) is 0 Å². The Kier molecular flexibility index (Phi) is 6.08. The van der Waals surface area contributed by atoms with Crippen molar-refractivity contribution >= 4 is 11.7 Å². The van der Waals surface area contributed by atoms with Crippen LogP contribution in [-0.4, -0.2) is 28.4 Å². The van der Waals surface area contributed by atoms with Gasteiger partial charge in [0.25, 0.3) is 5.56 Å². The summed E-state index contributed by atoms with van der Waals surface area (Å²) >= 11 is 0. The molecule has 0 saturated heterocycles. The number of urea groups is 1. The third-order valence-electron chi connectivity index (χ3n) is 3.38. The number of pyridine rings is 1. The number of carbonyl (C=O) groups is 1. The van der Waals surface area contributed by atoms with Crippen LogP contribution in [0.2, 0.25) is 0 Å². The number of aromatic nitrogens is 1. The summed E-state index contributed by atoms with van der Waals surface area (Å²) in [5.41, 5.74) is 0.568. The number of nitrogens with zero attached hydrogens (tertiary/aromatic N) is 1. The molecule has 0 spiro atoms. The molecule has 7 heteroatoms. The topological polar surface area (TPSA) is 83.4 Å². The number of amides is 2. The number of benzene rings is 1. The standard InChI is InChI=1S/C17H20FN3O3/c1-12(22)8-9-19-17(24)20-15-3-2-10-21(16(15)23)11-13-4-6-14(18)7-5-13/h2-7,10,12,22H,8-9,11H2,1H3,(H2,19,20,24). The summed E-state index contributed by atoms with van der Waals surface area (Å²) in [5, 5.41) is 14.2. The van der Waals surface area contributed by atoms with Crippen molar-refractivity contribution in [1.29, 1.82) is 0 Å². The average Bonchev–Trinajstić information content (AvgIpc) is 2.53. The van der Waals surface area contributed by atoms with Gasteiger partial charge in [-0.05, 0) is 43.2 Å². The number of rotatable bonds is 6. The zero-order valence-corrected chi connectivity index (χ0v) is 13.3. The highest BCUT2D eigenvalue weighted by atomic mass is 19.1. The molecule has 1 unspecified atom stereocenters. The fraction of sp³-hybridized carbons (Fsp3) is 0.294. The maximum Gasteiger partial charge on any atom is 0.319 e. The molecule has 128 valence electrons. The molecule has 0 aliphatic rings. The van der Waals surface area contributed by atoms with E-state index in [1.165, 1.54) is 22.8 Å². The van der Waals surface area contributed by atoms with Gasteiger partial charge in [0.1, 0.15) is 11.5 Å². The van der Waals surface area contributed by atoms with Crippen molar-refractivity contribution in [1.82, 2.24) is 9.88 Å². The molecule has 2 rings (SSSR count). The Bertz CT molecular complexity index is 741. The van der Waals surface area contributed by atoms with Crippen molar-refractivity contribution in [2.75, 3.05) is 11.9 Å². The van der Waals surface area contributed by atoms with Crippen LogP contribution in [0.5, 0.6) is 0 Å². The Hall–Kier alpha value is -2.67. The molecule has 6 nitrogen and oxygen atoms in total. The lowest BCUT2D eigenvalue weighted by atomic mass is 10.2. The van der Waals surface area contributed by atoms with Crippen molar-refractivity contribution in [3.63, 3.8) is 0 Å². The van der Waals surface area contributed by atoms with Crippen LogP contribution >= 0.6 is 0 Å². The maximum absolute atomic E-state index is 12.9. The molecule has 0 fully saturated rings. The number of anilines is 1. The zero-order chi connectivity index (χ0) is 17.5. The van der Waals surface area contributed by atoms with E-state index in [0.717, 1.165) is 5.56 Å². The first-order valence-corrected chi connectivity index (χ1v) is 7.62. The van der Waals surface area contributed by atoms with Crippen LogP contribution < -0.4 is 16.2 Å². The van der Waals surface area contributed by atoms with Crippen LogP contribution in [0.4, 0.5) is 14.9 Å². The summed E-state index contributed by atoms with van der Waals surface area (Å²) in [4.78, 5) is 24.1. The van der Waals surface area contributed by atoms with Crippen molar-refractivity contribution in [2.24, 2.45) is 0 Å². The smallest absolute Gasteiger partial charge is 0.319 e. The summed E-state index contributed by atoms with van der Waals surface area (Å²) in [6.45, 7) is 2.21. The molecule has 3 N–H and O–H groups in total. The summed E-state index contributed by atoms with van der Waals surface area (Å²) in [5.74, 6) is -0.338. The number of nitrogens with one attached hydrogen (secondary N) is 2. The third-order valence-corrected chi connectivity index (χ3v) is 3.38. The number of hydrogen-bond acceptors (Lipinski definition) is 3. The molecule has 0 saturated carbocycles. The van der Waals surface area contributed by atoms with E-state index < -0.39 is 12.1 Å². The van der Waals surface area contributed by atoms with E-state index in [4.69, 9.17) is 5.11 Å². The summed E-state index contributed by atoms with van der Waals surface area (Å²) in [6.07, 6.45) is 1.52. The molecule has 1 aromatic carbocycles. The van der Waals surface area contributed by atoms with Gasteiger partial charge < -0.3 is 20.3 Å². The molecule has 0 bridgehead atoms.